The molecule has 180 valence electrons. The fourth-order valence-electron chi connectivity index (χ4n) is 5.06. The molecule has 1 aromatic rings. The number of benzene rings is 1. The maximum atomic E-state index is 12.5. The number of rotatable bonds is 7. The summed E-state index contributed by atoms with van der Waals surface area (Å²) >= 11 is 0. The Bertz CT molecular complexity index is 864. The minimum absolute atomic E-state index is 0.0816. The van der Waals surface area contributed by atoms with E-state index in [4.69, 9.17) is 14.3 Å². The number of hydrogen-bond donors (Lipinski definition) is 1. The molecule has 1 N–H and O–H groups in total. The fraction of sp³-hybridized carbons (Fsp3) is 0.640. The molecule has 1 aromatic carbocycles. The van der Waals surface area contributed by atoms with Gasteiger partial charge in [-0.3, -0.25) is 4.79 Å². The molecule has 0 radical (unpaired) electrons. The van der Waals surface area contributed by atoms with Crippen molar-refractivity contribution in [1.82, 2.24) is 4.90 Å². The highest BCUT2D eigenvalue weighted by molar-refractivity contribution is 6.03. The quantitative estimate of drug-likeness (QED) is 0.648. The van der Waals surface area contributed by atoms with Crippen molar-refractivity contribution in [2.45, 2.75) is 76.5 Å². The smallest absolute Gasteiger partial charge is 0.409 e. The Morgan fingerprint density at radius 3 is 2.55 bits per heavy atom. The molecule has 4 atom stereocenters. The van der Waals surface area contributed by atoms with Gasteiger partial charge in [-0.1, -0.05) is 18.0 Å². The minimum atomic E-state index is -0.742. The third kappa shape index (κ3) is 5.60. The molecule has 2 fully saturated rings. The lowest BCUT2D eigenvalue weighted by molar-refractivity contribution is -0.143. The molecule has 0 saturated heterocycles. The van der Waals surface area contributed by atoms with Gasteiger partial charge in [0.15, 0.2) is 0 Å². The summed E-state index contributed by atoms with van der Waals surface area (Å²) in [6.45, 7) is 2.14. The van der Waals surface area contributed by atoms with Gasteiger partial charge in [-0.05, 0) is 69.7 Å². The summed E-state index contributed by atoms with van der Waals surface area (Å²) in [6.07, 6.45) is 6.82. The van der Waals surface area contributed by atoms with Gasteiger partial charge in [0.25, 0.3) is 0 Å². The molecule has 0 aromatic heterocycles. The first-order chi connectivity index (χ1) is 15.9. The number of amides is 1. The van der Waals surface area contributed by atoms with E-state index in [0.29, 0.717) is 18.6 Å². The summed E-state index contributed by atoms with van der Waals surface area (Å²) in [5, 5.41) is 13.5. The number of ether oxygens (including phenoxy) is 2. The normalized spacial score (nSPS) is 27.5. The number of carboxylic acid groups (broad SMARTS) is 1. The Balaban J connectivity index is 1.33. The molecular weight excluding hydrogens is 424 g/mol. The van der Waals surface area contributed by atoms with E-state index in [1.807, 2.05) is 38.2 Å². The summed E-state index contributed by atoms with van der Waals surface area (Å²) in [7, 11) is 1.81. The van der Waals surface area contributed by atoms with Crippen LogP contribution < -0.4 is 4.74 Å². The predicted molar refractivity (Wildman–Crippen MR) is 122 cm³/mol. The topological polar surface area (TPSA) is 97.7 Å². The molecule has 0 spiro atoms. The van der Waals surface area contributed by atoms with Crippen molar-refractivity contribution in [3.63, 3.8) is 0 Å². The Morgan fingerprint density at radius 1 is 1.12 bits per heavy atom. The molecule has 0 bridgehead atoms. The number of nitrogens with zero attached hydrogens (tertiary/aromatic N) is 2. The molecular formula is C25H34N2O6. The second-order valence-electron chi connectivity index (χ2n) is 9.49. The SMILES string of the molecule is CC1ON=C(c2ccc(O[C@H]3CCC[C@H](C(=O)O)C3)cc2)C1COC(=O)N(C)C1CCCC1. The molecule has 2 saturated carbocycles. The van der Waals surface area contributed by atoms with E-state index in [1.54, 1.807) is 4.90 Å². The molecule has 8 heteroatoms. The predicted octanol–water partition coefficient (Wildman–Crippen LogP) is 4.46. The van der Waals surface area contributed by atoms with Crippen LogP contribution in [-0.2, 0) is 14.4 Å². The summed E-state index contributed by atoms with van der Waals surface area (Å²) in [4.78, 5) is 31.0. The molecule has 2 aliphatic carbocycles. The first-order valence-electron chi connectivity index (χ1n) is 12.1. The van der Waals surface area contributed by atoms with Crippen molar-refractivity contribution < 1.29 is 29.0 Å². The molecule has 33 heavy (non-hydrogen) atoms. The van der Waals surface area contributed by atoms with E-state index in [9.17, 15) is 14.7 Å². The van der Waals surface area contributed by atoms with Gasteiger partial charge in [0.05, 0.1) is 23.7 Å². The van der Waals surface area contributed by atoms with Crippen molar-refractivity contribution in [1.29, 1.82) is 0 Å². The molecule has 2 unspecified atom stereocenters. The van der Waals surface area contributed by atoms with Crippen molar-refractivity contribution >= 4 is 17.8 Å². The van der Waals surface area contributed by atoms with E-state index < -0.39 is 5.97 Å². The van der Waals surface area contributed by atoms with Gasteiger partial charge in [0.2, 0.25) is 0 Å². The van der Waals surface area contributed by atoms with Crippen molar-refractivity contribution in [2.75, 3.05) is 13.7 Å². The lowest BCUT2D eigenvalue weighted by Crippen LogP contribution is -2.37. The maximum Gasteiger partial charge on any atom is 0.409 e. The van der Waals surface area contributed by atoms with Crippen LogP contribution in [0.3, 0.4) is 0 Å². The molecule has 1 amide bonds. The molecule has 3 aliphatic rings. The highest BCUT2D eigenvalue weighted by Gasteiger charge is 2.34. The highest BCUT2D eigenvalue weighted by Crippen LogP contribution is 2.30. The fourth-order valence-corrected chi connectivity index (χ4v) is 5.06. The van der Waals surface area contributed by atoms with E-state index in [-0.39, 0.29) is 42.8 Å². The second-order valence-corrected chi connectivity index (χ2v) is 9.49. The van der Waals surface area contributed by atoms with Crippen LogP contribution in [-0.4, -0.2) is 59.7 Å². The number of carbonyl (C=O) groups is 2. The van der Waals surface area contributed by atoms with Crippen LogP contribution in [0.5, 0.6) is 5.75 Å². The van der Waals surface area contributed by atoms with E-state index in [1.165, 1.54) is 0 Å². The second kappa shape index (κ2) is 10.4. The van der Waals surface area contributed by atoms with Crippen molar-refractivity contribution in [3.8, 4) is 5.75 Å². The summed E-state index contributed by atoms with van der Waals surface area (Å²) in [5.41, 5.74) is 1.65. The van der Waals surface area contributed by atoms with Gasteiger partial charge in [0.1, 0.15) is 18.5 Å². The van der Waals surface area contributed by atoms with Gasteiger partial charge >= 0.3 is 12.1 Å². The first-order valence-corrected chi connectivity index (χ1v) is 12.1. The largest absolute Gasteiger partial charge is 0.490 e. The lowest BCUT2D eigenvalue weighted by atomic mass is 9.87. The van der Waals surface area contributed by atoms with Crippen molar-refractivity contribution in [3.05, 3.63) is 29.8 Å². The van der Waals surface area contributed by atoms with Gasteiger partial charge in [-0.2, -0.15) is 0 Å². The number of oxime groups is 1. The third-order valence-electron chi connectivity index (χ3n) is 7.21. The van der Waals surface area contributed by atoms with Crippen LogP contribution in [0, 0.1) is 11.8 Å². The number of hydrogen-bond acceptors (Lipinski definition) is 6. The van der Waals surface area contributed by atoms with Crippen LogP contribution in [0.1, 0.15) is 63.9 Å². The zero-order valence-corrected chi connectivity index (χ0v) is 19.4. The monoisotopic (exact) mass is 458 g/mol. The zero-order chi connectivity index (χ0) is 23.4. The summed E-state index contributed by atoms with van der Waals surface area (Å²) in [5.74, 6) is -0.505. The lowest BCUT2D eigenvalue weighted by Gasteiger charge is -2.27. The zero-order valence-electron chi connectivity index (χ0n) is 19.4. The Hall–Kier alpha value is -2.77. The Labute approximate surface area is 194 Å². The van der Waals surface area contributed by atoms with Gasteiger partial charge < -0.3 is 24.3 Å². The third-order valence-corrected chi connectivity index (χ3v) is 7.21. The minimum Gasteiger partial charge on any atom is -0.490 e. The Morgan fingerprint density at radius 2 is 1.85 bits per heavy atom. The standard InChI is InChI=1S/C25H34N2O6/c1-16-22(15-31-25(30)27(2)19-7-3-4-8-19)23(26-33-16)17-10-12-20(13-11-17)32-21-9-5-6-18(14-21)24(28)29/h10-13,16,18-19,21-22H,3-9,14-15H2,1-2H3,(H,28,29)/t16?,18-,21-,22?/m0/s1. The van der Waals surface area contributed by atoms with E-state index >= 15 is 0 Å². The van der Waals surface area contributed by atoms with Crippen LogP contribution in [0.2, 0.25) is 0 Å². The van der Waals surface area contributed by atoms with Gasteiger partial charge in [-0.25, -0.2) is 4.79 Å². The molecule has 8 nitrogen and oxygen atoms in total. The molecule has 4 rings (SSSR count). The van der Waals surface area contributed by atoms with Crippen molar-refractivity contribution in [2.24, 2.45) is 17.0 Å². The van der Waals surface area contributed by atoms with Crippen LogP contribution in [0.15, 0.2) is 29.4 Å². The average molecular weight is 459 g/mol. The van der Waals surface area contributed by atoms with Crippen LogP contribution >= 0.6 is 0 Å². The molecule has 1 aliphatic heterocycles. The van der Waals surface area contributed by atoms with Crippen LogP contribution in [0.25, 0.3) is 0 Å². The summed E-state index contributed by atoms with van der Waals surface area (Å²) in [6, 6.07) is 7.87. The van der Waals surface area contributed by atoms with Gasteiger partial charge in [0, 0.05) is 18.7 Å². The average Bonchev–Trinajstić information content (AvgIpc) is 3.48. The van der Waals surface area contributed by atoms with E-state index in [2.05, 4.69) is 5.16 Å². The Kier molecular flexibility index (Phi) is 7.40. The maximum absolute atomic E-state index is 12.5. The van der Waals surface area contributed by atoms with Gasteiger partial charge in [-0.15, -0.1) is 0 Å². The van der Waals surface area contributed by atoms with Crippen LogP contribution in [0.4, 0.5) is 4.79 Å². The number of aliphatic carboxylic acids is 1. The van der Waals surface area contributed by atoms with E-state index in [0.717, 1.165) is 49.8 Å². The highest BCUT2D eigenvalue weighted by atomic mass is 16.6. The number of carboxylic acids is 1. The first kappa shape index (κ1) is 23.4. The summed E-state index contributed by atoms with van der Waals surface area (Å²) < 4.78 is 11.7. The number of carbonyl (C=O) groups excluding carboxylic acids is 1. The molecule has 1 heterocycles.